The van der Waals surface area contributed by atoms with Crippen LogP contribution >= 0.6 is 0 Å². The van der Waals surface area contributed by atoms with Crippen LogP contribution in [0.1, 0.15) is 67.6 Å². The van der Waals surface area contributed by atoms with Crippen molar-refractivity contribution in [2.45, 2.75) is 78.2 Å². The van der Waals surface area contributed by atoms with Crippen molar-refractivity contribution in [3.8, 4) is 22.9 Å². The highest BCUT2D eigenvalue weighted by molar-refractivity contribution is 5.77. The van der Waals surface area contributed by atoms with E-state index in [1.54, 1.807) is 0 Å². The van der Waals surface area contributed by atoms with E-state index in [9.17, 15) is 5.11 Å². The Kier molecular flexibility index (Phi) is 3.82. The van der Waals surface area contributed by atoms with Gasteiger partial charge in [0.2, 0.25) is 0 Å². The van der Waals surface area contributed by atoms with Crippen molar-refractivity contribution in [2.24, 2.45) is 0 Å². The summed E-state index contributed by atoms with van der Waals surface area (Å²) in [4.78, 5) is 8.15. The summed E-state index contributed by atoms with van der Waals surface area (Å²) in [5.41, 5.74) is 6.28. The number of phenols is 1. The lowest BCUT2D eigenvalue weighted by Gasteiger charge is -2.46. The molecule has 1 spiro atoms. The first-order valence-corrected chi connectivity index (χ1v) is 9.61. The molecule has 2 heterocycles. The Morgan fingerprint density at radius 1 is 1.12 bits per heavy atom. The molecule has 1 aliphatic heterocycles. The summed E-state index contributed by atoms with van der Waals surface area (Å²) in [6.45, 7) is 8.26. The Balaban J connectivity index is 1.99. The lowest BCUT2D eigenvalue weighted by Crippen LogP contribution is -2.46. The van der Waals surface area contributed by atoms with Gasteiger partial charge in [-0.25, -0.2) is 4.98 Å². The van der Waals surface area contributed by atoms with E-state index >= 15 is 0 Å². The summed E-state index contributed by atoms with van der Waals surface area (Å²) in [6, 6.07) is 0. The molecule has 4 rings (SSSR count). The number of phenolic OH excluding ortho intramolecular Hbond substituents is 1. The van der Waals surface area contributed by atoms with Crippen molar-refractivity contribution in [1.82, 2.24) is 9.97 Å². The number of ether oxygens (including phenoxy) is 1. The fourth-order valence-corrected chi connectivity index (χ4v) is 4.43. The standard InChI is InChI=1S/C21H28N2O2/c1-5-14-16-8-11-21(9-7-10-21)25-19(16)17(15(6-2)18(14)24)20-22-12(3)13(4)23-20/h24H,5-11H2,1-4H3,(H,22,23). The zero-order chi connectivity index (χ0) is 17.8. The van der Waals surface area contributed by atoms with Gasteiger partial charge in [0, 0.05) is 22.4 Å². The second-order valence-electron chi connectivity index (χ2n) is 7.63. The molecule has 0 radical (unpaired) electrons. The Bertz CT molecular complexity index is 812. The number of imidazole rings is 1. The maximum Gasteiger partial charge on any atom is 0.141 e. The zero-order valence-corrected chi connectivity index (χ0v) is 15.8. The molecule has 0 bridgehead atoms. The largest absolute Gasteiger partial charge is 0.507 e. The van der Waals surface area contributed by atoms with Crippen LogP contribution in [0.25, 0.3) is 11.4 Å². The molecule has 2 N–H and O–H groups in total. The van der Waals surface area contributed by atoms with E-state index < -0.39 is 0 Å². The van der Waals surface area contributed by atoms with Crippen LogP contribution in [0.15, 0.2) is 0 Å². The van der Waals surface area contributed by atoms with Gasteiger partial charge in [-0.15, -0.1) is 0 Å². The van der Waals surface area contributed by atoms with Crippen LogP contribution in [0.2, 0.25) is 0 Å². The minimum Gasteiger partial charge on any atom is -0.507 e. The van der Waals surface area contributed by atoms with Gasteiger partial charge < -0.3 is 14.8 Å². The first-order chi connectivity index (χ1) is 12.0. The lowest BCUT2D eigenvalue weighted by atomic mass is 9.73. The van der Waals surface area contributed by atoms with Crippen molar-refractivity contribution < 1.29 is 9.84 Å². The van der Waals surface area contributed by atoms with Crippen LogP contribution in [0.3, 0.4) is 0 Å². The highest BCUT2D eigenvalue weighted by Gasteiger charge is 2.44. The fourth-order valence-electron chi connectivity index (χ4n) is 4.43. The number of H-pyrrole nitrogens is 1. The number of nitrogens with zero attached hydrogens (tertiary/aromatic N) is 1. The van der Waals surface area contributed by atoms with Gasteiger partial charge in [-0.3, -0.25) is 0 Å². The third-order valence-corrected chi connectivity index (χ3v) is 6.22. The third-order valence-electron chi connectivity index (χ3n) is 6.22. The molecule has 134 valence electrons. The third kappa shape index (κ3) is 2.37. The molecule has 2 aromatic rings. The quantitative estimate of drug-likeness (QED) is 0.846. The van der Waals surface area contributed by atoms with Crippen molar-refractivity contribution in [2.75, 3.05) is 0 Å². The van der Waals surface area contributed by atoms with Gasteiger partial charge in [0.15, 0.2) is 0 Å². The monoisotopic (exact) mass is 340 g/mol. The van der Waals surface area contributed by atoms with Crippen LogP contribution in [-0.4, -0.2) is 20.7 Å². The highest BCUT2D eigenvalue weighted by Crippen LogP contribution is 2.52. The van der Waals surface area contributed by atoms with Gasteiger partial charge in [0.1, 0.15) is 22.9 Å². The number of aryl methyl sites for hydroxylation is 2. The molecule has 1 aromatic heterocycles. The number of nitrogens with one attached hydrogen (secondary N) is 1. The predicted octanol–water partition coefficient (Wildman–Crippen LogP) is 4.77. The van der Waals surface area contributed by atoms with Crippen LogP contribution in [0.5, 0.6) is 11.5 Å². The molecular formula is C21H28N2O2. The molecule has 1 aliphatic carbocycles. The summed E-state index contributed by atoms with van der Waals surface area (Å²) < 4.78 is 6.66. The lowest BCUT2D eigenvalue weighted by molar-refractivity contribution is -0.0247. The van der Waals surface area contributed by atoms with Crippen molar-refractivity contribution >= 4 is 0 Å². The summed E-state index contributed by atoms with van der Waals surface area (Å²) in [5.74, 6) is 2.25. The molecule has 25 heavy (non-hydrogen) atoms. The molecule has 0 amide bonds. The summed E-state index contributed by atoms with van der Waals surface area (Å²) >= 11 is 0. The van der Waals surface area contributed by atoms with Crippen LogP contribution in [-0.2, 0) is 19.3 Å². The van der Waals surface area contributed by atoms with Gasteiger partial charge in [0.05, 0.1) is 11.3 Å². The summed E-state index contributed by atoms with van der Waals surface area (Å²) in [5, 5.41) is 11.0. The molecule has 0 unspecified atom stereocenters. The molecule has 1 fully saturated rings. The number of aromatic nitrogens is 2. The normalized spacial score (nSPS) is 17.9. The second-order valence-corrected chi connectivity index (χ2v) is 7.63. The number of hydrogen-bond acceptors (Lipinski definition) is 3. The maximum atomic E-state index is 11.0. The Morgan fingerprint density at radius 3 is 2.36 bits per heavy atom. The molecular weight excluding hydrogens is 312 g/mol. The smallest absolute Gasteiger partial charge is 0.141 e. The van der Waals surface area contributed by atoms with Crippen LogP contribution in [0, 0.1) is 13.8 Å². The number of hydrogen-bond donors (Lipinski definition) is 2. The Morgan fingerprint density at radius 2 is 1.84 bits per heavy atom. The van der Waals surface area contributed by atoms with Crippen molar-refractivity contribution in [3.63, 3.8) is 0 Å². The second kappa shape index (κ2) is 5.79. The topological polar surface area (TPSA) is 58.1 Å². The minimum atomic E-state index is 0.0193. The number of aromatic amines is 1. The molecule has 2 aliphatic rings. The number of aromatic hydroxyl groups is 1. The molecule has 1 aromatic carbocycles. The van der Waals surface area contributed by atoms with E-state index in [0.29, 0.717) is 5.75 Å². The van der Waals surface area contributed by atoms with E-state index in [1.807, 2.05) is 13.8 Å². The predicted molar refractivity (Wildman–Crippen MR) is 99.4 cm³/mol. The van der Waals surface area contributed by atoms with E-state index in [0.717, 1.165) is 78.2 Å². The molecule has 0 atom stereocenters. The SMILES string of the molecule is CCc1c(O)c(CC)c(-c2nc(C)c(C)[nH]2)c2c1CCC1(CCC1)O2. The molecule has 4 heteroatoms. The van der Waals surface area contributed by atoms with E-state index in [1.165, 1.54) is 12.0 Å². The van der Waals surface area contributed by atoms with Crippen molar-refractivity contribution in [1.29, 1.82) is 0 Å². The molecule has 1 saturated carbocycles. The van der Waals surface area contributed by atoms with Crippen LogP contribution in [0.4, 0.5) is 0 Å². The van der Waals surface area contributed by atoms with Gasteiger partial charge in [-0.1, -0.05) is 13.8 Å². The molecule has 0 saturated heterocycles. The zero-order valence-electron chi connectivity index (χ0n) is 15.8. The van der Waals surface area contributed by atoms with E-state index in [2.05, 4.69) is 18.8 Å². The molecule has 4 nitrogen and oxygen atoms in total. The first-order valence-electron chi connectivity index (χ1n) is 9.61. The van der Waals surface area contributed by atoms with Crippen LogP contribution < -0.4 is 4.74 Å². The number of fused-ring (bicyclic) bond motifs is 1. The van der Waals surface area contributed by atoms with Crippen molar-refractivity contribution in [3.05, 3.63) is 28.1 Å². The summed E-state index contributed by atoms with van der Waals surface area (Å²) in [7, 11) is 0. The minimum absolute atomic E-state index is 0.0193. The maximum absolute atomic E-state index is 11.0. The van der Waals surface area contributed by atoms with Gasteiger partial charge in [-0.05, 0) is 58.8 Å². The van der Waals surface area contributed by atoms with Gasteiger partial charge in [-0.2, -0.15) is 0 Å². The average molecular weight is 340 g/mol. The average Bonchev–Trinajstić information content (AvgIpc) is 2.90. The van der Waals surface area contributed by atoms with Gasteiger partial charge >= 0.3 is 0 Å². The van der Waals surface area contributed by atoms with E-state index in [4.69, 9.17) is 9.72 Å². The van der Waals surface area contributed by atoms with E-state index in [-0.39, 0.29) is 5.60 Å². The first kappa shape index (κ1) is 16.5. The fraction of sp³-hybridized carbons (Fsp3) is 0.571. The highest BCUT2D eigenvalue weighted by atomic mass is 16.5. The number of rotatable bonds is 3. The Labute approximate surface area is 149 Å². The number of benzene rings is 1. The summed E-state index contributed by atoms with van der Waals surface area (Å²) in [6.07, 6.45) is 7.18. The van der Waals surface area contributed by atoms with Gasteiger partial charge in [0.25, 0.3) is 0 Å². The Hall–Kier alpha value is -1.97.